The number of nitrogens with one attached hydrogen (secondary N) is 1. The molecule has 0 aromatic heterocycles. The molecule has 0 amide bonds. The molecule has 0 saturated heterocycles. The third kappa shape index (κ3) is 7.11. The first-order chi connectivity index (χ1) is 8.29. The van der Waals surface area contributed by atoms with E-state index in [-0.39, 0.29) is 17.9 Å². The van der Waals surface area contributed by atoms with Crippen LogP contribution < -0.4 is 15.8 Å². The number of nitrogen functional groups attached to an aromatic ring is 1. The highest BCUT2D eigenvalue weighted by atomic mass is 35.5. The third-order valence-electron chi connectivity index (χ3n) is 2.38. The SMILES string of the molecule is CC(C)(C)NCCc1cccc(N)c1OC(Cl)Cl.Cl. The lowest BCUT2D eigenvalue weighted by molar-refractivity contribution is 0.350. The first-order valence-corrected chi connectivity index (χ1v) is 6.74. The Bertz CT molecular complexity index is 392. The van der Waals surface area contributed by atoms with Gasteiger partial charge >= 0.3 is 0 Å². The first kappa shape index (κ1) is 18.7. The van der Waals surface area contributed by atoms with Crippen LogP contribution in [0.3, 0.4) is 0 Å². The minimum absolute atomic E-state index is 0. The van der Waals surface area contributed by atoms with Crippen molar-refractivity contribution in [2.75, 3.05) is 12.3 Å². The zero-order valence-electron chi connectivity index (χ0n) is 11.4. The van der Waals surface area contributed by atoms with E-state index in [0.717, 1.165) is 18.5 Å². The fourth-order valence-electron chi connectivity index (χ4n) is 1.61. The first-order valence-electron chi connectivity index (χ1n) is 5.87. The quantitative estimate of drug-likeness (QED) is 0.639. The molecule has 0 spiro atoms. The average molecular weight is 328 g/mol. The van der Waals surface area contributed by atoms with Gasteiger partial charge in [-0.05, 0) is 45.4 Å². The van der Waals surface area contributed by atoms with Gasteiger partial charge in [0.05, 0.1) is 5.69 Å². The van der Waals surface area contributed by atoms with Crippen molar-refractivity contribution in [3.05, 3.63) is 23.8 Å². The highest BCUT2D eigenvalue weighted by Crippen LogP contribution is 2.29. The Balaban J connectivity index is 0.00000324. The molecular weight excluding hydrogens is 307 g/mol. The van der Waals surface area contributed by atoms with E-state index in [4.69, 9.17) is 33.7 Å². The van der Waals surface area contributed by atoms with Crippen molar-refractivity contribution in [3.63, 3.8) is 0 Å². The van der Waals surface area contributed by atoms with E-state index in [1.165, 1.54) is 0 Å². The number of anilines is 1. The minimum Gasteiger partial charge on any atom is -0.458 e. The van der Waals surface area contributed by atoms with Gasteiger partial charge in [-0.1, -0.05) is 35.3 Å². The van der Waals surface area contributed by atoms with Crippen molar-refractivity contribution >= 4 is 41.3 Å². The summed E-state index contributed by atoms with van der Waals surface area (Å²) in [5, 5.41) is 2.50. The van der Waals surface area contributed by atoms with Gasteiger partial charge < -0.3 is 15.8 Å². The number of hydrogen-bond acceptors (Lipinski definition) is 3. The lowest BCUT2D eigenvalue weighted by atomic mass is 10.1. The molecule has 19 heavy (non-hydrogen) atoms. The molecule has 0 aliphatic heterocycles. The van der Waals surface area contributed by atoms with E-state index < -0.39 is 5.02 Å². The number of rotatable bonds is 5. The van der Waals surface area contributed by atoms with E-state index in [0.29, 0.717) is 11.4 Å². The van der Waals surface area contributed by atoms with Crippen molar-refractivity contribution in [1.29, 1.82) is 0 Å². The monoisotopic (exact) mass is 326 g/mol. The Morgan fingerprint density at radius 2 is 1.95 bits per heavy atom. The fraction of sp³-hybridized carbons (Fsp3) is 0.538. The summed E-state index contributed by atoms with van der Waals surface area (Å²) in [6.07, 6.45) is 0.804. The summed E-state index contributed by atoms with van der Waals surface area (Å²) < 4.78 is 5.34. The fourth-order valence-corrected chi connectivity index (χ4v) is 1.78. The molecule has 1 aromatic rings. The van der Waals surface area contributed by atoms with Crippen molar-refractivity contribution in [2.24, 2.45) is 0 Å². The number of benzene rings is 1. The van der Waals surface area contributed by atoms with Crippen LogP contribution in [0.15, 0.2) is 18.2 Å². The van der Waals surface area contributed by atoms with Crippen LogP contribution in [0.25, 0.3) is 0 Å². The van der Waals surface area contributed by atoms with Crippen LogP contribution in [0.2, 0.25) is 0 Å². The Morgan fingerprint density at radius 3 is 2.47 bits per heavy atom. The summed E-state index contributed by atoms with van der Waals surface area (Å²) in [7, 11) is 0. The largest absolute Gasteiger partial charge is 0.458 e. The standard InChI is InChI=1S/C13H20Cl2N2O.ClH/c1-13(2,3)17-8-7-9-5-4-6-10(16)11(9)18-12(14)15;/h4-6,12,17H,7-8,16H2,1-3H3;1H. The Labute approximate surface area is 131 Å². The normalized spacial score (nSPS) is 11.3. The molecular formula is C13H21Cl3N2O. The minimum atomic E-state index is -0.913. The van der Waals surface area contributed by atoms with Crippen LogP contribution in [0.4, 0.5) is 5.69 Å². The molecule has 0 saturated carbocycles. The van der Waals surface area contributed by atoms with Crippen LogP contribution in [-0.4, -0.2) is 17.1 Å². The van der Waals surface area contributed by atoms with E-state index in [9.17, 15) is 0 Å². The smallest absolute Gasteiger partial charge is 0.247 e. The molecule has 1 aromatic carbocycles. The Morgan fingerprint density at radius 1 is 1.32 bits per heavy atom. The van der Waals surface area contributed by atoms with E-state index in [1.54, 1.807) is 6.07 Å². The number of hydrogen-bond donors (Lipinski definition) is 2. The second-order valence-corrected chi connectivity index (χ2v) is 6.16. The second kappa shape index (κ2) is 8.05. The van der Waals surface area contributed by atoms with Gasteiger partial charge in [0, 0.05) is 5.54 Å². The van der Waals surface area contributed by atoms with Gasteiger partial charge in [-0.15, -0.1) is 12.4 Å². The molecule has 0 heterocycles. The maximum Gasteiger partial charge on any atom is 0.247 e. The maximum absolute atomic E-state index is 5.86. The van der Waals surface area contributed by atoms with Gasteiger partial charge in [-0.25, -0.2) is 0 Å². The Kier molecular flexibility index (Phi) is 7.90. The third-order valence-corrected chi connectivity index (χ3v) is 2.56. The average Bonchev–Trinajstić information content (AvgIpc) is 2.20. The van der Waals surface area contributed by atoms with Crippen LogP contribution in [0.5, 0.6) is 5.75 Å². The Hall–Kier alpha value is -0.350. The van der Waals surface area contributed by atoms with Crippen molar-refractivity contribution in [2.45, 2.75) is 37.8 Å². The van der Waals surface area contributed by atoms with Gasteiger partial charge in [0.15, 0.2) is 0 Å². The van der Waals surface area contributed by atoms with Gasteiger partial charge in [0.1, 0.15) is 5.75 Å². The molecule has 1 rings (SSSR count). The summed E-state index contributed by atoms with van der Waals surface area (Å²) in [6.45, 7) is 7.20. The topological polar surface area (TPSA) is 47.3 Å². The molecule has 0 aliphatic carbocycles. The lowest BCUT2D eigenvalue weighted by Gasteiger charge is -2.21. The molecule has 0 aliphatic rings. The second-order valence-electron chi connectivity index (χ2n) is 5.14. The summed E-state index contributed by atoms with van der Waals surface area (Å²) in [4.78, 5) is 0. The predicted octanol–water partition coefficient (Wildman–Crippen LogP) is 3.76. The molecule has 0 fully saturated rings. The van der Waals surface area contributed by atoms with Crippen LogP contribution >= 0.6 is 35.6 Å². The van der Waals surface area contributed by atoms with Crippen LogP contribution in [0.1, 0.15) is 26.3 Å². The van der Waals surface area contributed by atoms with E-state index in [2.05, 4.69) is 26.1 Å². The maximum atomic E-state index is 5.86. The molecule has 0 radical (unpaired) electrons. The highest BCUT2D eigenvalue weighted by Gasteiger charge is 2.13. The molecule has 3 nitrogen and oxygen atoms in total. The molecule has 6 heteroatoms. The van der Waals surface area contributed by atoms with E-state index >= 15 is 0 Å². The van der Waals surface area contributed by atoms with Crippen molar-refractivity contribution in [3.8, 4) is 5.75 Å². The number of nitrogens with two attached hydrogens (primary N) is 1. The van der Waals surface area contributed by atoms with Gasteiger partial charge in [-0.3, -0.25) is 0 Å². The highest BCUT2D eigenvalue weighted by molar-refractivity contribution is 6.43. The number of ether oxygens (including phenoxy) is 1. The predicted molar refractivity (Wildman–Crippen MR) is 85.7 cm³/mol. The van der Waals surface area contributed by atoms with Crippen molar-refractivity contribution in [1.82, 2.24) is 5.32 Å². The van der Waals surface area contributed by atoms with Gasteiger partial charge in [0.25, 0.3) is 0 Å². The number of para-hydroxylation sites is 1. The number of halogens is 3. The molecule has 0 unspecified atom stereocenters. The lowest BCUT2D eigenvalue weighted by Crippen LogP contribution is -2.37. The van der Waals surface area contributed by atoms with Gasteiger partial charge in [-0.2, -0.15) is 0 Å². The molecule has 0 atom stereocenters. The van der Waals surface area contributed by atoms with Gasteiger partial charge in [0.2, 0.25) is 5.02 Å². The summed E-state index contributed by atoms with van der Waals surface area (Å²) in [6, 6.07) is 5.63. The zero-order chi connectivity index (χ0) is 13.8. The molecule has 3 N–H and O–H groups in total. The van der Waals surface area contributed by atoms with Crippen LogP contribution in [0, 0.1) is 0 Å². The molecule has 110 valence electrons. The molecule has 0 bridgehead atoms. The number of alkyl halides is 2. The summed E-state index contributed by atoms with van der Waals surface area (Å²) in [5.74, 6) is 0.572. The summed E-state index contributed by atoms with van der Waals surface area (Å²) in [5.41, 5.74) is 7.50. The van der Waals surface area contributed by atoms with Crippen molar-refractivity contribution < 1.29 is 4.74 Å². The van der Waals surface area contributed by atoms with Crippen LogP contribution in [-0.2, 0) is 6.42 Å². The summed E-state index contributed by atoms with van der Waals surface area (Å²) >= 11 is 11.3. The zero-order valence-corrected chi connectivity index (χ0v) is 13.7. The van der Waals surface area contributed by atoms with E-state index in [1.807, 2.05) is 12.1 Å².